The molecule has 0 saturated heterocycles. The average Bonchev–Trinajstić information content (AvgIpc) is 2.39. The van der Waals surface area contributed by atoms with E-state index in [-0.39, 0.29) is 0 Å². The molecule has 0 spiro atoms. The predicted octanol–water partition coefficient (Wildman–Crippen LogP) is 1.60. The number of nitrogens with one attached hydrogen (secondary N) is 1. The third-order valence-corrected chi connectivity index (χ3v) is 2.37. The average molecular weight is 276 g/mol. The SMILES string of the molecule is COCCOCCCNc1nc(OC)ncc1Cl. The van der Waals surface area contributed by atoms with Crippen LogP contribution >= 0.6 is 11.6 Å². The van der Waals surface area contributed by atoms with Crippen LogP contribution in [0.2, 0.25) is 5.02 Å². The van der Waals surface area contributed by atoms with Gasteiger partial charge in [0.2, 0.25) is 0 Å². The van der Waals surface area contributed by atoms with Crippen molar-refractivity contribution in [3.63, 3.8) is 0 Å². The van der Waals surface area contributed by atoms with Gasteiger partial charge in [0.25, 0.3) is 0 Å². The Balaban J connectivity index is 2.22. The Labute approximate surface area is 112 Å². The van der Waals surface area contributed by atoms with E-state index in [2.05, 4.69) is 15.3 Å². The first-order chi connectivity index (χ1) is 8.77. The normalized spacial score (nSPS) is 10.4. The molecule has 0 aromatic carbocycles. The third kappa shape index (κ3) is 5.48. The van der Waals surface area contributed by atoms with Crippen molar-refractivity contribution in [2.24, 2.45) is 0 Å². The van der Waals surface area contributed by atoms with Crippen LogP contribution in [0, 0.1) is 0 Å². The van der Waals surface area contributed by atoms with Gasteiger partial charge in [0.05, 0.1) is 26.5 Å². The highest BCUT2D eigenvalue weighted by molar-refractivity contribution is 6.32. The zero-order valence-corrected chi connectivity index (χ0v) is 11.4. The summed E-state index contributed by atoms with van der Waals surface area (Å²) in [5.41, 5.74) is 0. The molecule has 0 fully saturated rings. The molecule has 1 heterocycles. The zero-order chi connectivity index (χ0) is 13.2. The van der Waals surface area contributed by atoms with E-state index >= 15 is 0 Å². The van der Waals surface area contributed by atoms with E-state index in [1.165, 1.54) is 13.3 Å². The zero-order valence-electron chi connectivity index (χ0n) is 10.6. The molecule has 0 unspecified atom stereocenters. The van der Waals surface area contributed by atoms with E-state index in [1.807, 2.05) is 0 Å². The molecule has 6 nitrogen and oxygen atoms in total. The van der Waals surface area contributed by atoms with Crippen molar-refractivity contribution in [1.29, 1.82) is 0 Å². The molecule has 0 atom stereocenters. The highest BCUT2D eigenvalue weighted by Gasteiger charge is 2.04. The van der Waals surface area contributed by atoms with Gasteiger partial charge in [-0.3, -0.25) is 0 Å². The molecule has 0 aliphatic carbocycles. The molecule has 18 heavy (non-hydrogen) atoms. The van der Waals surface area contributed by atoms with Gasteiger partial charge in [-0.05, 0) is 6.42 Å². The maximum absolute atomic E-state index is 5.94. The number of hydrogen-bond acceptors (Lipinski definition) is 6. The summed E-state index contributed by atoms with van der Waals surface area (Å²) in [6.07, 6.45) is 2.36. The van der Waals surface area contributed by atoms with Crippen LogP contribution in [-0.2, 0) is 9.47 Å². The van der Waals surface area contributed by atoms with Gasteiger partial charge in [0, 0.05) is 20.3 Å². The lowest BCUT2D eigenvalue weighted by Gasteiger charge is -2.08. The monoisotopic (exact) mass is 275 g/mol. The van der Waals surface area contributed by atoms with Crippen molar-refractivity contribution in [1.82, 2.24) is 9.97 Å². The molecular weight excluding hydrogens is 258 g/mol. The van der Waals surface area contributed by atoms with Crippen molar-refractivity contribution in [3.8, 4) is 6.01 Å². The number of halogens is 1. The predicted molar refractivity (Wildman–Crippen MR) is 69.4 cm³/mol. The molecule has 0 aliphatic rings. The first-order valence-electron chi connectivity index (χ1n) is 5.65. The van der Waals surface area contributed by atoms with E-state index in [4.69, 9.17) is 25.8 Å². The smallest absolute Gasteiger partial charge is 0.318 e. The van der Waals surface area contributed by atoms with Crippen LogP contribution < -0.4 is 10.1 Å². The topological polar surface area (TPSA) is 65.5 Å². The second kappa shape index (κ2) is 8.91. The molecule has 0 saturated carbocycles. The number of aromatic nitrogens is 2. The van der Waals surface area contributed by atoms with Crippen molar-refractivity contribution < 1.29 is 14.2 Å². The summed E-state index contributed by atoms with van der Waals surface area (Å²) < 4.78 is 15.1. The fourth-order valence-corrected chi connectivity index (χ4v) is 1.36. The van der Waals surface area contributed by atoms with Gasteiger partial charge in [-0.25, -0.2) is 4.98 Å². The minimum Gasteiger partial charge on any atom is -0.467 e. The number of nitrogens with zero attached hydrogens (tertiary/aromatic N) is 2. The van der Waals surface area contributed by atoms with Crippen molar-refractivity contribution in [2.75, 3.05) is 45.9 Å². The summed E-state index contributed by atoms with van der Waals surface area (Å²) in [7, 11) is 3.16. The lowest BCUT2D eigenvalue weighted by atomic mass is 10.4. The van der Waals surface area contributed by atoms with E-state index in [1.54, 1.807) is 7.11 Å². The largest absolute Gasteiger partial charge is 0.467 e. The number of methoxy groups -OCH3 is 2. The summed E-state index contributed by atoms with van der Waals surface area (Å²) in [6.45, 7) is 2.60. The third-order valence-electron chi connectivity index (χ3n) is 2.09. The Morgan fingerprint density at radius 1 is 1.28 bits per heavy atom. The summed E-state index contributed by atoms with van der Waals surface area (Å²) in [5, 5.41) is 3.57. The van der Waals surface area contributed by atoms with E-state index in [0.29, 0.717) is 43.2 Å². The van der Waals surface area contributed by atoms with Crippen LogP contribution in [0.4, 0.5) is 5.82 Å². The second-order valence-electron chi connectivity index (χ2n) is 3.44. The van der Waals surface area contributed by atoms with Crippen LogP contribution in [0.1, 0.15) is 6.42 Å². The van der Waals surface area contributed by atoms with Gasteiger partial charge in [-0.15, -0.1) is 0 Å². The standard InChI is InChI=1S/C11H18ClN3O3/c1-16-6-7-18-5-3-4-13-10-9(12)8-14-11(15-10)17-2/h8H,3-7H2,1-2H3,(H,13,14,15). The molecule has 0 bridgehead atoms. The van der Waals surface area contributed by atoms with Crippen molar-refractivity contribution >= 4 is 17.4 Å². The van der Waals surface area contributed by atoms with Gasteiger partial charge in [0.1, 0.15) is 5.02 Å². The first kappa shape index (κ1) is 14.9. The molecule has 1 aromatic heterocycles. The number of rotatable bonds is 9. The molecule has 1 aromatic rings. The van der Waals surface area contributed by atoms with Crippen LogP contribution in [0.25, 0.3) is 0 Å². The summed E-state index contributed by atoms with van der Waals surface area (Å²) >= 11 is 5.94. The molecule has 1 N–H and O–H groups in total. The molecule has 1 rings (SSSR count). The maximum Gasteiger partial charge on any atom is 0.318 e. The maximum atomic E-state index is 5.94. The highest BCUT2D eigenvalue weighted by atomic mass is 35.5. The molecule has 0 amide bonds. The fraction of sp³-hybridized carbons (Fsp3) is 0.636. The molecular formula is C11H18ClN3O3. The Hall–Kier alpha value is -1.11. The van der Waals surface area contributed by atoms with Gasteiger partial charge in [-0.2, -0.15) is 4.98 Å². The lowest BCUT2D eigenvalue weighted by Crippen LogP contribution is -2.10. The van der Waals surface area contributed by atoms with Gasteiger partial charge in [-0.1, -0.05) is 11.6 Å². The minimum absolute atomic E-state index is 0.290. The second-order valence-corrected chi connectivity index (χ2v) is 3.85. The van der Waals surface area contributed by atoms with E-state index < -0.39 is 0 Å². The first-order valence-corrected chi connectivity index (χ1v) is 6.02. The quantitative estimate of drug-likeness (QED) is 0.691. The fourth-order valence-electron chi connectivity index (χ4n) is 1.20. The number of ether oxygens (including phenoxy) is 3. The molecule has 0 radical (unpaired) electrons. The van der Waals surface area contributed by atoms with Crippen LogP contribution in [0.3, 0.4) is 0 Å². The minimum atomic E-state index is 0.290. The highest BCUT2D eigenvalue weighted by Crippen LogP contribution is 2.19. The van der Waals surface area contributed by atoms with Gasteiger partial charge >= 0.3 is 6.01 Å². The lowest BCUT2D eigenvalue weighted by molar-refractivity contribution is 0.0705. The molecule has 102 valence electrons. The summed E-state index contributed by atoms with van der Waals surface area (Å²) in [6, 6.07) is 0.290. The Bertz CT molecular complexity index is 352. The Morgan fingerprint density at radius 3 is 2.83 bits per heavy atom. The summed E-state index contributed by atoms with van der Waals surface area (Å²) in [4.78, 5) is 7.99. The van der Waals surface area contributed by atoms with E-state index in [0.717, 1.165) is 6.42 Å². The Kier molecular flexibility index (Phi) is 7.40. The van der Waals surface area contributed by atoms with Crippen LogP contribution in [-0.4, -0.2) is 50.6 Å². The van der Waals surface area contributed by atoms with Crippen molar-refractivity contribution in [3.05, 3.63) is 11.2 Å². The number of anilines is 1. The Morgan fingerprint density at radius 2 is 2.11 bits per heavy atom. The number of hydrogen-bond donors (Lipinski definition) is 1. The van der Waals surface area contributed by atoms with Crippen LogP contribution in [0.15, 0.2) is 6.20 Å². The van der Waals surface area contributed by atoms with Crippen LogP contribution in [0.5, 0.6) is 6.01 Å². The van der Waals surface area contributed by atoms with Gasteiger partial charge < -0.3 is 19.5 Å². The van der Waals surface area contributed by atoms with Gasteiger partial charge in [0.15, 0.2) is 5.82 Å². The molecule has 0 aliphatic heterocycles. The van der Waals surface area contributed by atoms with E-state index in [9.17, 15) is 0 Å². The summed E-state index contributed by atoms with van der Waals surface area (Å²) in [5.74, 6) is 0.570. The van der Waals surface area contributed by atoms with Crippen molar-refractivity contribution in [2.45, 2.75) is 6.42 Å². The molecule has 7 heteroatoms.